The molecule has 80 valence electrons. The third-order valence-corrected chi connectivity index (χ3v) is 1.70. The molecule has 0 aliphatic rings. The predicted octanol–water partition coefficient (Wildman–Crippen LogP) is -0.134. The Bertz CT molecular complexity index is 359. The second kappa shape index (κ2) is 4.99. The monoisotopic (exact) mass is 207 g/mol. The highest BCUT2D eigenvalue weighted by Gasteiger charge is 1.99. The summed E-state index contributed by atoms with van der Waals surface area (Å²) in [6.07, 6.45) is 0. The van der Waals surface area contributed by atoms with E-state index in [0.717, 1.165) is 5.56 Å². The lowest BCUT2D eigenvalue weighted by Crippen LogP contribution is -2.39. The molecule has 1 aromatic rings. The molecular formula is C10H11N2O3-. The van der Waals surface area contributed by atoms with Gasteiger partial charge in [0.15, 0.2) is 0 Å². The van der Waals surface area contributed by atoms with Gasteiger partial charge < -0.3 is 20.5 Å². The average molecular weight is 207 g/mol. The van der Waals surface area contributed by atoms with E-state index in [1.807, 2.05) is 19.1 Å². The summed E-state index contributed by atoms with van der Waals surface area (Å²) in [4.78, 5) is 21.1. The Kier molecular flexibility index (Phi) is 3.68. The van der Waals surface area contributed by atoms with Gasteiger partial charge in [-0.2, -0.15) is 0 Å². The zero-order valence-corrected chi connectivity index (χ0v) is 8.24. The van der Waals surface area contributed by atoms with Crippen molar-refractivity contribution in [2.24, 2.45) is 0 Å². The van der Waals surface area contributed by atoms with E-state index in [9.17, 15) is 14.7 Å². The number of anilines is 1. The quantitative estimate of drug-likeness (QED) is 0.724. The van der Waals surface area contributed by atoms with Crippen molar-refractivity contribution in [1.29, 1.82) is 0 Å². The van der Waals surface area contributed by atoms with E-state index >= 15 is 0 Å². The zero-order chi connectivity index (χ0) is 11.3. The molecule has 1 rings (SSSR count). The van der Waals surface area contributed by atoms with Crippen molar-refractivity contribution in [1.82, 2.24) is 5.32 Å². The minimum atomic E-state index is -1.32. The van der Waals surface area contributed by atoms with Crippen LogP contribution in [-0.2, 0) is 4.79 Å². The van der Waals surface area contributed by atoms with Crippen molar-refractivity contribution < 1.29 is 14.7 Å². The number of hydrogen-bond acceptors (Lipinski definition) is 3. The Balaban J connectivity index is 2.44. The van der Waals surface area contributed by atoms with Gasteiger partial charge in [0.1, 0.15) is 0 Å². The summed E-state index contributed by atoms with van der Waals surface area (Å²) >= 11 is 0. The Morgan fingerprint density at radius 2 is 1.87 bits per heavy atom. The fourth-order valence-corrected chi connectivity index (χ4v) is 0.965. The van der Waals surface area contributed by atoms with Gasteiger partial charge in [0.05, 0.1) is 12.5 Å². The highest BCUT2D eigenvalue weighted by atomic mass is 16.4. The normalized spacial score (nSPS) is 9.40. The Morgan fingerprint density at radius 1 is 1.27 bits per heavy atom. The first-order chi connectivity index (χ1) is 7.08. The molecule has 0 spiro atoms. The van der Waals surface area contributed by atoms with Crippen LogP contribution in [0.3, 0.4) is 0 Å². The minimum Gasteiger partial charge on any atom is -0.548 e. The van der Waals surface area contributed by atoms with Crippen molar-refractivity contribution >= 4 is 17.7 Å². The van der Waals surface area contributed by atoms with E-state index in [1.165, 1.54) is 0 Å². The molecule has 15 heavy (non-hydrogen) atoms. The van der Waals surface area contributed by atoms with Gasteiger partial charge in [-0.15, -0.1) is 0 Å². The van der Waals surface area contributed by atoms with E-state index in [0.29, 0.717) is 5.69 Å². The van der Waals surface area contributed by atoms with Crippen LogP contribution in [0, 0.1) is 6.92 Å². The molecule has 2 amide bonds. The van der Waals surface area contributed by atoms with Crippen LogP contribution in [0.25, 0.3) is 0 Å². The van der Waals surface area contributed by atoms with E-state index < -0.39 is 18.5 Å². The van der Waals surface area contributed by atoms with Crippen LogP contribution in [0.2, 0.25) is 0 Å². The Labute approximate surface area is 87.1 Å². The van der Waals surface area contributed by atoms with E-state index in [2.05, 4.69) is 10.6 Å². The summed E-state index contributed by atoms with van der Waals surface area (Å²) in [5, 5.41) is 14.7. The van der Waals surface area contributed by atoms with Crippen LogP contribution in [-0.4, -0.2) is 18.5 Å². The smallest absolute Gasteiger partial charge is 0.319 e. The van der Waals surface area contributed by atoms with Crippen LogP contribution in [0.4, 0.5) is 10.5 Å². The molecule has 0 fully saturated rings. The van der Waals surface area contributed by atoms with Gasteiger partial charge in [-0.25, -0.2) is 4.79 Å². The molecule has 1 aromatic carbocycles. The highest BCUT2D eigenvalue weighted by Crippen LogP contribution is 2.07. The standard InChI is InChI=1S/C10H12N2O3/c1-7-2-4-8(5-3-7)12-10(15)11-6-9(13)14/h2-5H,6H2,1H3,(H,13,14)(H2,11,12,15)/p-1. The number of rotatable bonds is 3. The summed E-state index contributed by atoms with van der Waals surface area (Å²) in [5.74, 6) is -1.32. The lowest BCUT2D eigenvalue weighted by atomic mass is 10.2. The number of carbonyl (C=O) groups excluding carboxylic acids is 2. The fourth-order valence-electron chi connectivity index (χ4n) is 0.965. The lowest BCUT2D eigenvalue weighted by molar-refractivity contribution is -0.303. The Hall–Kier alpha value is -2.04. The van der Waals surface area contributed by atoms with Crippen LogP contribution in [0.1, 0.15) is 5.56 Å². The molecule has 0 atom stereocenters. The van der Waals surface area contributed by atoms with E-state index in [-0.39, 0.29) is 0 Å². The summed E-state index contributed by atoms with van der Waals surface area (Å²) in [6, 6.07) is 6.58. The van der Waals surface area contributed by atoms with Gasteiger partial charge in [-0.05, 0) is 19.1 Å². The molecule has 0 radical (unpaired) electrons. The molecule has 2 N–H and O–H groups in total. The van der Waals surface area contributed by atoms with Crippen LogP contribution >= 0.6 is 0 Å². The van der Waals surface area contributed by atoms with Crippen LogP contribution in [0.15, 0.2) is 24.3 Å². The molecule has 0 unspecified atom stereocenters. The molecule has 0 aromatic heterocycles. The SMILES string of the molecule is Cc1ccc(NC(=O)NCC(=O)[O-])cc1. The van der Waals surface area contributed by atoms with Crippen molar-refractivity contribution in [3.63, 3.8) is 0 Å². The number of carbonyl (C=O) groups is 2. The summed E-state index contributed by atoms with van der Waals surface area (Å²) in [6.45, 7) is 1.43. The highest BCUT2D eigenvalue weighted by molar-refractivity contribution is 5.90. The number of carboxylic acids is 1. The molecule has 0 bridgehead atoms. The molecule has 5 heteroatoms. The molecule has 0 aliphatic heterocycles. The molecular weight excluding hydrogens is 196 g/mol. The van der Waals surface area contributed by atoms with Crippen molar-refractivity contribution in [2.75, 3.05) is 11.9 Å². The van der Waals surface area contributed by atoms with Gasteiger partial charge in [0, 0.05) is 5.69 Å². The maximum absolute atomic E-state index is 11.1. The predicted molar refractivity (Wildman–Crippen MR) is 53.2 cm³/mol. The number of aryl methyl sites for hydroxylation is 1. The third-order valence-electron chi connectivity index (χ3n) is 1.70. The van der Waals surface area contributed by atoms with Gasteiger partial charge in [-0.3, -0.25) is 0 Å². The topological polar surface area (TPSA) is 81.3 Å². The van der Waals surface area contributed by atoms with Crippen molar-refractivity contribution in [3.8, 4) is 0 Å². The van der Waals surface area contributed by atoms with Gasteiger partial charge in [0.25, 0.3) is 0 Å². The average Bonchev–Trinajstić information content (AvgIpc) is 2.19. The molecule has 0 aliphatic carbocycles. The minimum absolute atomic E-state index is 0.502. The maximum atomic E-state index is 11.1. The molecule has 0 saturated carbocycles. The molecule has 0 heterocycles. The fraction of sp³-hybridized carbons (Fsp3) is 0.200. The van der Waals surface area contributed by atoms with E-state index in [1.54, 1.807) is 12.1 Å². The van der Waals surface area contributed by atoms with Crippen LogP contribution in [0.5, 0.6) is 0 Å². The molecule has 0 saturated heterocycles. The first-order valence-corrected chi connectivity index (χ1v) is 4.39. The molecule has 5 nitrogen and oxygen atoms in total. The lowest BCUT2D eigenvalue weighted by Gasteiger charge is -2.07. The first kappa shape index (κ1) is 11.0. The number of aliphatic carboxylic acids is 1. The summed E-state index contributed by atoms with van der Waals surface area (Å²) in [5.41, 5.74) is 1.69. The number of amides is 2. The van der Waals surface area contributed by atoms with Crippen LogP contribution < -0.4 is 15.7 Å². The van der Waals surface area contributed by atoms with E-state index in [4.69, 9.17) is 0 Å². The van der Waals surface area contributed by atoms with Gasteiger partial charge in [0.2, 0.25) is 0 Å². The Morgan fingerprint density at radius 3 is 2.40 bits per heavy atom. The zero-order valence-electron chi connectivity index (χ0n) is 8.24. The van der Waals surface area contributed by atoms with Gasteiger partial charge in [-0.1, -0.05) is 17.7 Å². The van der Waals surface area contributed by atoms with Gasteiger partial charge >= 0.3 is 6.03 Å². The number of urea groups is 1. The summed E-state index contributed by atoms with van der Waals surface area (Å²) < 4.78 is 0. The largest absolute Gasteiger partial charge is 0.548 e. The first-order valence-electron chi connectivity index (χ1n) is 4.39. The second-order valence-corrected chi connectivity index (χ2v) is 3.05. The van der Waals surface area contributed by atoms with Crippen molar-refractivity contribution in [2.45, 2.75) is 6.92 Å². The maximum Gasteiger partial charge on any atom is 0.319 e. The number of hydrogen-bond donors (Lipinski definition) is 2. The third kappa shape index (κ3) is 4.12. The number of nitrogens with one attached hydrogen (secondary N) is 2. The summed E-state index contributed by atoms with van der Waals surface area (Å²) in [7, 11) is 0. The van der Waals surface area contributed by atoms with Crippen molar-refractivity contribution in [3.05, 3.63) is 29.8 Å². The number of benzene rings is 1. The number of carboxylic acid groups (broad SMARTS) is 1. The second-order valence-electron chi connectivity index (χ2n) is 3.05.